The molecule has 2 N–H and O–H groups in total. The smallest absolute Gasteiger partial charge is 0.312 e. The third-order valence-corrected chi connectivity index (χ3v) is 3.70. The highest BCUT2D eigenvalue weighted by Gasteiger charge is 2.32. The van der Waals surface area contributed by atoms with E-state index in [0.29, 0.717) is 24.5 Å². The van der Waals surface area contributed by atoms with Crippen molar-refractivity contribution in [3.63, 3.8) is 0 Å². The summed E-state index contributed by atoms with van der Waals surface area (Å²) in [5.41, 5.74) is 2.54. The van der Waals surface area contributed by atoms with E-state index < -0.39 is 11.9 Å². The maximum atomic E-state index is 11.2. The van der Waals surface area contributed by atoms with Crippen LogP contribution in [0.3, 0.4) is 0 Å². The molecule has 1 aliphatic carbocycles. The molecule has 0 saturated heterocycles. The van der Waals surface area contributed by atoms with Crippen LogP contribution >= 0.6 is 0 Å². The van der Waals surface area contributed by atoms with E-state index in [-0.39, 0.29) is 0 Å². The van der Waals surface area contributed by atoms with Crippen molar-refractivity contribution in [2.75, 3.05) is 6.61 Å². The van der Waals surface area contributed by atoms with Crippen LogP contribution in [-0.4, -0.2) is 27.7 Å². The van der Waals surface area contributed by atoms with Crippen molar-refractivity contribution in [2.45, 2.75) is 32.1 Å². The number of carbonyl (C=O) groups is 1. The molecule has 0 saturated carbocycles. The minimum atomic E-state index is -0.799. The maximum absolute atomic E-state index is 11.2. The molecule has 3 rings (SSSR count). The van der Waals surface area contributed by atoms with E-state index >= 15 is 0 Å². The Balaban J connectivity index is 1.88. The number of nitrogens with one attached hydrogen (secondary N) is 1. The summed E-state index contributed by atoms with van der Waals surface area (Å²) >= 11 is 0. The van der Waals surface area contributed by atoms with Crippen LogP contribution in [0.25, 0.3) is 11.4 Å². The largest absolute Gasteiger partial charge is 0.494 e. The Kier molecular flexibility index (Phi) is 3.64. The highest BCUT2D eigenvalue weighted by molar-refractivity contribution is 5.77. The van der Waals surface area contributed by atoms with Gasteiger partial charge in [-0.05, 0) is 31.4 Å². The number of aliphatic carboxylic acids is 1. The number of carboxylic acid groups (broad SMARTS) is 1. The fourth-order valence-corrected chi connectivity index (χ4v) is 2.66. The molecule has 0 radical (unpaired) electrons. The van der Waals surface area contributed by atoms with Gasteiger partial charge in [0.25, 0.3) is 0 Å². The molecule has 1 atom stereocenters. The number of carboxylic acids is 1. The first-order chi connectivity index (χ1) is 10.2. The summed E-state index contributed by atoms with van der Waals surface area (Å²) < 4.78 is 5.62. The predicted molar refractivity (Wildman–Crippen MR) is 78.5 cm³/mol. The van der Waals surface area contributed by atoms with Gasteiger partial charge in [-0.2, -0.15) is 0 Å². The summed E-state index contributed by atoms with van der Waals surface area (Å²) in [6, 6.07) is 7.71. The SMILES string of the molecule is CCCOc1cccc(-c2nc3c([nH]2)CCC3C(=O)O)c1. The first kappa shape index (κ1) is 13.7. The number of fused-ring (bicyclic) bond motifs is 1. The molecule has 5 heteroatoms. The monoisotopic (exact) mass is 286 g/mol. The van der Waals surface area contributed by atoms with Crippen molar-refractivity contribution in [1.82, 2.24) is 9.97 Å². The van der Waals surface area contributed by atoms with Gasteiger partial charge in [-0.15, -0.1) is 0 Å². The molecule has 1 aliphatic rings. The Labute approximate surface area is 123 Å². The zero-order valence-corrected chi connectivity index (χ0v) is 11.9. The molecule has 5 nitrogen and oxygen atoms in total. The number of aromatic nitrogens is 2. The van der Waals surface area contributed by atoms with Crippen LogP contribution in [0.1, 0.15) is 37.1 Å². The molecule has 1 unspecified atom stereocenters. The topological polar surface area (TPSA) is 75.2 Å². The van der Waals surface area contributed by atoms with Crippen LogP contribution in [0.5, 0.6) is 5.75 Å². The number of aromatic amines is 1. The number of ether oxygens (including phenoxy) is 1. The number of nitrogens with zero attached hydrogens (tertiary/aromatic N) is 1. The van der Waals surface area contributed by atoms with Crippen LogP contribution in [0.4, 0.5) is 0 Å². The van der Waals surface area contributed by atoms with Crippen molar-refractivity contribution in [3.8, 4) is 17.1 Å². The highest BCUT2D eigenvalue weighted by atomic mass is 16.5. The van der Waals surface area contributed by atoms with E-state index in [2.05, 4.69) is 16.9 Å². The second-order valence-corrected chi connectivity index (χ2v) is 5.25. The molecule has 1 heterocycles. The lowest BCUT2D eigenvalue weighted by Gasteiger charge is -2.06. The van der Waals surface area contributed by atoms with E-state index in [1.165, 1.54) is 0 Å². The molecule has 1 aromatic heterocycles. The molecule has 21 heavy (non-hydrogen) atoms. The van der Waals surface area contributed by atoms with Gasteiger partial charge in [0.2, 0.25) is 0 Å². The highest BCUT2D eigenvalue weighted by Crippen LogP contribution is 2.34. The molecule has 0 fully saturated rings. The Morgan fingerprint density at radius 1 is 1.52 bits per heavy atom. The van der Waals surface area contributed by atoms with Crippen LogP contribution in [-0.2, 0) is 11.2 Å². The van der Waals surface area contributed by atoms with E-state index in [1.54, 1.807) is 0 Å². The molecule has 1 aromatic carbocycles. The van der Waals surface area contributed by atoms with Gasteiger partial charge in [0, 0.05) is 11.3 Å². The molecule has 0 spiro atoms. The number of rotatable bonds is 5. The number of hydrogen-bond acceptors (Lipinski definition) is 3. The van der Waals surface area contributed by atoms with Gasteiger partial charge in [0.05, 0.1) is 12.3 Å². The average molecular weight is 286 g/mol. The summed E-state index contributed by atoms with van der Waals surface area (Å²) in [5.74, 6) is 0.241. The normalized spacial score (nSPS) is 16.7. The number of benzene rings is 1. The predicted octanol–water partition coefficient (Wildman–Crippen LogP) is 2.98. The summed E-state index contributed by atoms with van der Waals surface area (Å²) in [4.78, 5) is 18.9. The summed E-state index contributed by atoms with van der Waals surface area (Å²) in [5, 5.41) is 9.21. The van der Waals surface area contributed by atoms with Crippen LogP contribution in [0.2, 0.25) is 0 Å². The van der Waals surface area contributed by atoms with Gasteiger partial charge in [-0.3, -0.25) is 4.79 Å². The summed E-state index contributed by atoms with van der Waals surface area (Å²) in [6.45, 7) is 2.74. The molecule has 0 amide bonds. The van der Waals surface area contributed by atoms with E-state index in [9.17, 15) is 9.90 Å². The lowest BCUT2D eigenvalue weighted by molar-refractivity contribution is -0.138. The Morgan fingerprint density at radius 2 is 2.38 bits per heavy atom. The van der Waals surface area contributed by atoms with Crippen molar-refractivity contribution < 1.29 is 14.6 Å². The van der Waals surface area contributed by atoms with Gasteiger partial charge < -0.3 is 14.8 Å². The first-order valence-electron chi connectivity index (χ1n) is 7.24. The van der Waals surface area contributed by atoms with Gasteiger partial charge >= 0.3 is 5.97 Å². The molecule has 0 bridgehead atoms. The quantitative estimate of drug-likeness (QED) is 0.886. The first-order valence-corrected chi connectivity index (χ1v) is 7.24. The fraction of sp³-hybridized carbons (Fsp3) is 0.375. The zero-order chi connectivity index (χ0) is 14.8. The number of H-pyrrole nitrogens is 1. The fourth-order valence-electron chi connectivity index (χ4n) is 2.66. The van der Waals surface area contributed by atoms with Gasteiger partial charge in [0.15, 0.2) is 0 Å². The van der Waals surface area contributed by atoms with Gasteiger partial charge in [-0.1, -0.05) is 19.1 Å². The van der Waals surface area contributed by atoms with E-state index in [0.717, 1.165) is 29.8 Å². The Hall–Kier alpha value is -2.30. The zero-order valence-electron chi connectivity index (χ0n) is 11.9. The molecule has 0 aliphatic heterocycles. The third kappa shape index (κ3) is 2.63. The second-order valence-electron chi connectivity index (χ2n) is 5.25. The molecule has 110 valence electrons. The van der Waals surface area contributed by atoms with Gasteiger partial charge in [-0.25, -0.2) is 4.98 Å². The van der Waals surface area contributed by atoms with Crippen LogP contribution in [0.15, 0.2) is 24.3 Å². The lowest BCUT2D eigenvalue weighted by atomic mass is 10.1. The average Bonchev–Trinajstić information content (AvgIpc) is 3.05. The van der Waals surface area contributed by atoms with Crippen molar-refractivity contribution in [1.29, 1.82) is 0 Å². The van der Waals surface area contributed by atoms with Crippen LogP contribution < -0.4 is 4.74 Å². The standard InChI is InChI=1S/C16H18N2O3/c1-2-8-21-11-5-3-4-10(9-11)15-17-13-7-6-12(16(19)20)14(13)18-15/h3-5,9,12H,2,6-8H2,1H3,(H,17,18)(H,19,20). The summed E-state index contributed by atoms with van der Waals surface area (Å²) in [7, 11) is 0. The number of imidazole rings is 1. The Bertz CT molecular complexity index is 663. The summed E-state index contributed by atoms with van der Waals surface area (Å²) in [6.07, 6.45) is 2.33. The molecular formula is C16H18N2O3. The molecular weight excluding hydrogens is 268 g/mol. The lowest BCUT2D eigenvalue weighted by Crippen LogP contribution is -2.08. The van der Waals surface area contributed by atoms with Crippen LogP contribution in [0, 0.1) is 0 Å². The molecule has 2 aromatic rings. The van der Waals surface area contributed by atoms with Crippen molar-refractivity contribution in [3.05, 3.63) is 35.7 Å². The number of hydrogen-bond donors (Lipinski definition) is 2. The van der Waals surface area contributed by atoms with E-state index in [4.69, 9.17) is 4.74 Å². The van der Waals surface area contributed by atoms with Crippen molar-refractivity contribution in [2.24, 2.45) is 0 Å². The third-order valence-electron chi connectivity index (χ3n) is 3.70. The van der Waals surface area contributed by atoms with E-state index in [1.807, 2.05) is 24.3 Å². The Morgan fingerprint density at radius 3 is 3.14 bits per heavy atom. The van der Waals surface area contributed by atoms with Crippen molar-refractivity contribution >= 4 is 5.97 Å². The minimum Gasteiger partial charge on any atom is -0.494 e. The number of aryl methyl sites for hydroxylation is 1. The maximum Gasteiger partial charge on any atom is 0.312 e. The van der Waals surface area contributed by atoms with Gasteiger partial charge in [0.1, 0.15) is 17.5 Å². The minimum absolute atomic E-state index is 0.482. The second kappa shape index (κ2) is 5.60.